The van der Waals surface area contributed by atoms with Crippen molar-refractivity contribution in [1.29, 1.82) is 0 Å². The molecule has 0 spiro atoms. The van der Waals surface area contributed by atoms with Crippen LogP contribution in [-0.2, 0) is 10.0 Å². The molecule has 6 heteroatoms. The second-order valence-corrected chi connectivity index (χ2v) is 8.38. The standard InChI is InChI=1S/C19H24N2O3S/c1-5-19(3,4)20-18(22)15-9-7-11-17(13-15)25(23,24)21-16-10-6-8-14(2)12-16/h6-13,21H,5H2,1-4H3,(H,20,22). The molecule has 0 saturated heterocycles. The summed E-state index contributed by atoms with van der Waals surface area (Å²) in [6.45, 7) is 7.71. The predicted molar refractivity (Wildman–Crippen MR) is 100 cm³/mol. The van der Waals surface area contributed by atoms with Gasteiger partial charge in [0.1, 0.15) is 0 Å². The molecular weight excluding hydrogens is 336 g/mol. The van der Waals surface area contributed by atoms with E-state index in [4.69, 9.17) is 0 Å². The number of hydrogen-bond acceptors (Lipinski definition) is 3. The van der Waals surface area contributed by atoms with Gasteiger partial charge >= 0.3 is 0 Å². The topological polar surface area (TPSA) is 75.3 Å². The van der Waals surface area contributed by atoms with E-state index in [1.807, 2.05) is 33.8 Å². The highest BCUT2D eigenvalue weighted by atomic mass is 32.2. The van der Waals surface area contributed by atoms with Crippen LogP contribution in [0.25, 0.3) is 0 Å². The Labute approximate surface area is 149 Å². The molecule has 0 aliphatic rings. The second kappa shape index (κ2) is 7.27. The molecule has 134 valence electrons. The van der Waals surface area contributed by atoms with Crippen molar-refractivity contribution in [2.24, 2.45) is 0 Å². The summed E-state index contributed by atoms with van der Waals surface area (Å²) in [5.74, 6) is -0.292. The van der Waals surface area contributed by atoms with Crippen molar-refractivity contribution in [1.82, 2.24) is 5.32 Å². The summed E-state index contributed by atoms with van der Waals surface area (Å²) in [6.07, 6.45) is 0.769. The van der Waals surface area contributed by atoms with E-state index in [-0.39, 0.29) is 16.3 Å². The number of aryl methyl sites for hydroxylation is 1. The van der Waals surface area contributed by atoms with Crippen molar-refractivity contribution in [3.8, 4) is 0 Å². The van der Waals surface area contributed by atoms with E-state index in [0.717, 1.165) is 12.0 Å². The first-order valence-electron chi connectivity index (χ1n) is 8.15. The van der Waals surface area contributed by atoms with Gasteiger partial charge in [-0.3, -0.25) is 9.52 Å². The van der Waals surface area contributed by atoms with Crippen LogP contribution >= 0.6 is 0 Å². The molecule has 2 aromatic carbocycles. The molecule has 1 amide bonds. The maximum Gasteiger partial charge on any atom is 0.261 e. The van der Waals surface area contributed by atoms with Gasteiger partial charge in [0, 0.05) is 16.8 Å². The molecule has 0 aliphatic carbocycles. The Bertz CT molecular complexity index is 874. The Balaban J connectivity index is 2.26. The number of carbonyl (C=O) groups is 1. The highest BCUT2D eigenvalue weighted by Crippen LogP contribution is 2.18. The summed E-state index contributed by atoms with van der Waals surface area (Å²) in [6, 6.07) is 13.1. The molecule has 0 bridgehead atoms. The monoisotopic (exact) mass is 360 g/mol. The lowest BCUT2D eigenvalue weighted by atomic mass is 10.0. The molecule has 25 heavy (non-hydrogen) atoms. The lowest BCUT2D eigenvalue weighted by Crippen LogP contribution is -2.42. The molecular formula is C19H24N2O3S. The van der Waals surface area contributed by atoms with Crippen molar-refractivity contribution in [2.45, 2.75) is 44.6 Å². The minimum atomic E-state index is -3.77. The summed E-state index contributed by atoms with van der Waals surface area (Å²) >= 11 is 0. The first-order chi connectivity index (χ1) is 11.6. The van der Waals surface area contributed by atoms with Crippen molar-refractivity contribution in [3.05, 3.63) is 59.7 Å². The first-order valence-corrected chi connectivity index (χ1v) is 9.63. The van der Waals surface area contributed by atoms with Crippen LogP contribution in [0.3, 0.4) is 0 Å². The molecule has 0 aromatic heterocycles. The van der Waals surface area contributed by atoms with Gasteiger partial charge in [0.15, 0.2) is 0 Å². The van der Waals surface area contributed by atoms with E-state index in [1.165, 1.54) is 12.1 Å². The quantitative estimate of drug-likeness (QED) is 0.824. The Morgan fingerprint density at radius 2 is 1.76 bits per heavy atom. The Morgan fingerprint density at radius 1 is 1.08 bits per heavy atom. The molecule has 2 rings (SSSR count). The second-order valence-electron chi connectivity index (χ2n) is 6.69. The van der Waals surface area contributed by atoms with Crippen LogP contribution in [-0.4, -0.2) is 19.9 Å². The Morgan fingerprint density at radius 3 is 2.40 bits per heavy atom. The van der Waals surface area contributed by atoms with Gasteiger partial charge in [0.05, 0.1) is 4.90 Å². The first kappa shape index (κ1) is 19.0. The number of rotatable bonds is 6. The Hall–Kier alpha value is -2.34. The summed E-state index contributed by atoms with van der Waals surface area (Å²) in [4.78, 5) is 12.4. The average Bonchev–Trinajstić information content (AvgIpc) is 2.54. The van der Waals surface area contributed by atoms with Gasteiger partial charge in [0.25, 0.3) is 15.9 Å². The maximum absolute atomic E-state index is 12.6. The molecule has 5 nitrogen and oxygen atoms in total. The van der Waals surface area contributed by atoms with Crippen molar-refractivity contribution < 1.29 is 13.2 Å². The molecule has 0 fully saturated rings. The van der Waals surface area contributed by atoms with Crippen LogP contribution in [0, 0.1) is 6.92 Å². The number of carbonyl (C=O) groups excluding carboxylic acids is 1. The van der Waals surface area contributed by atoms with E-state index in [0.29, 0.717) is 11.3 Å². The van der Waals surface area contributed by atoms with Gasteiger partial charge < -0.3 is 5.32 Å². The fraction of sp³-hybridized carbons (Fsp3) is 0.316. The number of anilines is 1. The van der Waals surface area contributed by atoms with E-state index >= 15 is 0 Å². The zero-order valence-electron chi connectivity index (χ0n) is 15.0. The maximum atomic E-state index is 12.6. The van der Waals surface area contributed by atoms with E-state index in [1.54, 1.807) is 30.3 Å². The highest BCUT2D eigenvalue weighted by Gasteiger charge is 2.21. The zero-order valence-corrected chi connectivity index (χ0v) is 15.8. The largest absolute Gasteiger partial charge is 0.347 e. The summed E-state index contributed by atoms with van der Waals surface area (Å²) in [7, 11) is -3.77. The van der Waals surface area contributed by atoms with Crippen molar-refractivity contribution in [2.75, 3.05) is 4.72 Å². The van der Waals surface area contributed by atoms with E-state index in [2.05, 4.69) is 10.0 Å². The lowest BCUT2D eigenvalue weighted by Gasteiger charge is -2.24. The minimum absolute atomic E-state index is 0.0518. The molecule has 0 saturated carbocycles. The average molecular weight is 360 g/mol. The molecule has 0 heterocycles. The predicted octanol–water partition coefficient (Wildman–Crippen LogP) is 3.71. The number of sulfonamides is 1. The smallest absolute Gasteiger partial charge is 0.261 e. The Kier molecular flexibility index (Phi) is 5.52. The summed E-state index contributed by atoms with van der Waals surface area (Å²) in [5.41, 5.74) is 1.40. The number of benzene rings is 2. The SMILES string of the molecule is CCC(C)(C)NC(=O)c1cccc(S(=O)(=O)Nc2cccc(C)c2)c1. The van der Waals surface area contributed by atoms with Crippen molar-refractivity contribution in [3.63, 3.8) is 0 Å². The van der Waals surface area contributed by atoms with Crippen LogP contribution in [0.2, 0.25) is 0 Å². The molecule has 2 N–H and O–H groups in total. The number of hydrogen-bond donors (Lipinski definition) is 2. The molecule has 2 aromatic rings. The highest BCUT2D eigenvalue weighted by molar-refractivity contribution is 7.92. The van der Waals surface area contributed by atoms with Gasteiger partial charge in [0.2, 0.25) is 0 Å². The third-order valence-electron chi connectivity index (χ3n) is 4.01. The van der Waals surface area contributed by atoms with E-state index in [9.17, 15) is 13.2 Å². The van der Waals surface area contributed by atoms with Crippen molar-refractivity contribution >= 4 is 21.6 Å². The third kappa shape index (κ3) is 5.06. The van der Waals surface area contributed by atoms with Crippen LogP contribution < -0.4 is 10.0 Å². The van der Waals surface area contributed by atoms with Crippen LogP contribution in [0.15, 0.2) is 53.4 Å². The van der Waals surface area contributed by atoms with Crippen LogP contribution in [0.1, 0.15) is 43.1 Å². The van der Waals surface area contributed by atoms with Crippen LogP contribution in [0.4, 0.5) is 5.69 Å². The van der Waals surface area contributed by atoms with Gasteiger partial charge in [-0.05, 0) is 63.1 Å². The fourth-order valence-corrected chi connectivity index (χ4v) is 3.29. The van der Waals surface area contributed by atoms with Gasteiger partial charge in [-0.15, -0.1) is 0 Å². The molecule has 0 atom stereocenters. The van der Waals surface area contributed by atoms with E-state index < -0.39 is 10.0 Å². The number of amides is 1. The molecule has 0 aliphatic heterocycles. The lowest BCUT2D eigenvalue weighted by molar-refractivity contribution is 0.0911. The summed E-state index contributed by atoms with van der Waals surface area (Å²) in [5, 5.41) is 2.90. The normalized spacial score (nSPS) is 11.8. The summed E-state index contributed by atoms with van der Waals surface area (Å²) < 4.78 is 27.7. The number of nitrogens with one attached hydrogen (secondary N) is 2. The third-order valence-corrected chi connectivity index (χ3v) is 5.39. The fourth-order valence-electron chi connectivity index (χ4n) is 2.20. The zero-order chi connectivity index (χ0) is 18.7. The molecule has 0 unspecified atom stereocenters. The molecule has 0 radical (unpaired) electrons. The minimum Gasteiger partial charge on any atom is -0.347 e. The van der Waals surface area contributed by atoms with Gasteiger partial charge in [-0.2, -0.15) is 0 Å². The van der Waals surface area contributed by atoms with Crippen LogP contribution in [0.5, 0.6) is 0 Å². The van der Waals surface area contributed by atoms with Gasteiger partial charge in [-0.1, -0.05) is 25.1 Å². The van der Waals surface area contributed by atoms with Gasteiger partial charge in [-0.25, -0.2) is 8.42 Å².